The van der Waals surface area contributed by atoms with Gasteiger partial charge in [-0.1, -0.05) is 53.5 Å². The molecule has 2 aromatic rings. The Hall–Kier alpha value is -2.87. The topological polar surface area (TPSA) is 99.6 Å². The highest BCUT2D eigenvalue weighted by Crippen LogP contribution is 2.33. The molecule has 0 aliphatic carbocycles. The molecule has 1 heterocycles. The van der Waals surface area contributed by atoms with Crippen molar-refractivity contribution >= 4 is 51.1 Å². The second-order valence-corrected chi connectivity index (χ2v) is 13.2. The molecular weight excluding hydrogens is 620 g/mol. The van der Waals surface area contributed by atoms with Crippen LogP contribution in [0.2, 0.25) is 10.0 Å². The lowest BCUT2D eigenvalue weighted by molar-refractivity contribution is -0.139. The van der Waals surface area contributed by atoms with Gasteiger partial charge in [-0.3, -0.25) is 14.7 Å². The molecule has 0 unspecified atom stereocenters. The summed E-state index contributed by atoms with van der Waals surface area (Å²) in [5.74, 6) is -0.118. The number of halogens is 5. The van der Waals surface area contributed by atoms with Crippen LogP contribution in [0.4, 0.5) is 18.0 Å². The van der Waals surface area contributed by atoms with Gasteiger partial charge in [-0.25, -0.2) is 13.2 Å². The minimum Gasteiger partial charge on any atom is -0.443 e. The van der Waals surface area contributed by atoms with Gasteiger partial charge < -0.3 is 9.64 Å². The van der Waals surface area contributed by atoms with E-state index in [9.17, 15) is 31.2 Å². The zero-order valence-corrected chi connectivity index (χ0v) is 25.7. The van der Waals surface area contributed by atoms with E-state index in [1.165, 1.54) is 35.0 Å². The monoisotopic (exact) mass is 650 g/mol. The van der Waals surface area contributed by atoms with Crippen LogP contribution >= 0.6 is 23.2 Å². The van der Waals surface area contributed by atoms with E-state index in [-0.39, 0.29) is 20.9 Å². The summed E-state index contributed by atoms with van der Waals surface area (Å²) in [7, 11) is -3.33. The van der Waals surface area contributed by atoms with Crippen molar-refractivity contribution in [2.24, 2.45) is 4.99 Å². The minimum atomic E-state index is -4.87. The smallest absolute Gasteiger partial charge is 0.416 e. The third kappa shape index (κ3) is 8.82. The standard InChI is InChI=1S/C27H31Cl2F3N4O5S/c1-26(2,3)41-25(38)36-15-13-33-24(36)19-10-8-18(9-11-19)16-34(4)22(37)12-14-35(17-27(30,31)32)42(39,40)23-20(28)6-5-7-21(23)29/h5-11H,12-17H2,1-4H3. The van der Waals surface area contributed by atoms with Gasteiger partial charge in [-0.15, -0.1) is 0 Å². The maximum Gasteiger partial charge on any atom is 0.416 e. The zero-order valence-electron chi connectivity index (χ0n) is 23.4. The summed E-state index contributed by atoms with van der Waals surface area (Å²) in [6, 6.07) is 10.7. The lowest BCUT2D eigenvalue weighted by Crippen LogP contribution is -2.41. The van der Waals surface area contributed by atoms with Crippen LogP contribution in [0.15, 0.2) is 52.4 Å². The largest absolute Gasteiger partial charge is 0.443 e. The minimum absolute atomic E-state index is 0.101. The quantitative estimate of drug-likeness (QED) is 0.352. The highest BCUT2D eigenvalue weighted by molar-refractivity contribution is 7.89. The molecule has 0 N–H and O–H groups in total. The summed E-state index contributed by atoms with van der Waals surface area (Å²) >= 11 is 11.9. The van der Waals surface area contributed by atoms with E-state index < -0.39 is 58.2 Å². The second kappa shape index (κ2) is 13.2. The zero-order chi connectivity index (χ0) is 31.5. The second-order valence-electron chi connectivity index (χ2n) is 10.5. The number of amides is 2. The first-order valence-corrected chi connectivity index (χ1v) is 15.0. The number of aliphatic imine (C=N–C) groups is 1. The average molecular weight is 652 g/mol. The van der Waals surface area contributed by atoms with E-state index in [1.807, 2.05) is 0 Å². The number of rotatable bonds is 9. The van der Waals surface area contributed by atoms with Gasteiger partial charge in [0.05, 0.1) is 23.1 Å². The molecule has 230 valence electrons. The molecule has 0 saturated heterocycles. The summed E-state index contributed by atoms with van der Waals surface area (Å²) in [5, 5.41) is -0.668. The number of carbonyl (C=O) groups is 2. The van der Waals surface area contributed by atoms with E-state index in [1.54, 1.807) is 45.0 Å². The predicted octanol–water partition coefficient (Wildman–Crippen LogP) is 5.59. The fourth-order valence-corrected chi connectivity index (χ4v) is 6.58. The van der Waals surface area contributed by atoms with E-state index in [0.29, 0.717) is 30.1 Å². The highest BCUT2D eigenvalue weighted by atomic mass is 35.5. The number of carbonyl (C=O) groups excluding carboxylic acids is 2. The highest BCUT2D eigenvalue weighted by Gasteiger charge is 2.39. The fraction of sp³-hybridized carbons (Fsp3) is 0.444. The van der Waals surface area contributed by atoms with Crippen LogP contribution in [-0.4, -0.2) is 85.4 Å². The number of amidine groups is 1. The number of hydrogen-bond acceptors (Lipinski definition) is 6. The van der Waals surface area contributed by atoms with Gasteiger partial charge in [0, 0.05) is 32.1 Å². The summed E-state index contributed by atoms with van der Waals surface area (Å²) in [5.41, 5.74) is 0.698. The van der Waals surface area contributed by atoms with Crippen LogP contribution in [0.25, 0.3) is 0 Å². The molecule has 15 heteroatoms. The summed E-state index contributed by atoms with van der Waals surface area (Å²) < 4.78 is 71.7. The van der Waals surface area contributed by atoms with Crippen molar-refractivity contribution in [3.63, 3.8) is 0 Å². The third-order valence-electron chi connectivity index (χ3n) is 5.96. The van der Waals surface area contributed by atoms with Gasteiger partial charge in [0.25, 0.3) is 0 Å². The predicted molar refractivity (Wildman–Crippen MR) is 153 cm³/mol. The molecule has 0 spiro atoms. The Morgan fingerprint density at radius 2 is 1.64 bits per heavy atom. The maximum absolute atomic E-state index is 13.3. The number of sulfonamides is 1. The molecule has 0 fully saturated rings. The Kier molecular flexibility index (Phi) is 10.6. The molecular formula is C27H31Cl2F3N4O5S. The van der Waals surface area contributed by atoms with Crippen molar-refractivity contribution in [2.45, 2.75) is 50.4 Å². The molecule has 0 radical (unpaired) electrons. The summed E-state index contributed by atoms with van der Waals surface area (Å²) in [4.78, 5) is 31.8. The van der Waals surface area contributed by atoms with Crippen LogP contribution < -0.4 is 0 Å². The van der Waals surface area contributed by atoms with E-state index in [0.717, 1.165) is 0 Å². The van der Waals surface area contributed by atoms with Crippen LogP contribution in [0.5, 0.6) is 0 Å². The molecule has 1 aliphatic heterocycles. The fourth-order valence-electron chi connectivity index (χ4n) is 4.06. The Balaban J connectivity index is 1.67. The molecule has 0 aromatic heterocycles. The molecule has 2 aromatic carbocycles. The van der Waals surface area contributed by atoms with Gasteiger partial charge in [0.2, 0.25) is 15.9 Å². The SMILES string of the molecule is CN(Cc1ccc(C2=NCCN2C(=O)OC(C)(C)C)cc1)C(=O)CCN(CC(F)(F)F)S(=O)(=O)c1c(Cl)cccc1Cl. The van der Waals surface area contributed by atoms with Crippen LogP contribution in [-0.2, 0) is 26.1 Å². The Labute approximate surface area is 252 Å². The third-order valence-corrected chi connectivity index (χ3v) is 8.76. The average Bonchev–Trinajstić information content (AvgIpc) is 3.35. The summed E-state index contributed by atoms with van der Waals surface area (Å²) in [6.07, 6.45) is -5.90. The van der Waals surface area contributed by atoms with Gasteiger partial charge in [0.15, 0.2) is 0 Å². The van der Waals surface area contributed by atoms with E-state index >= 15 is 0 Å². The first-order chi connectivity index (χ1) is 19.4. The van der Waals surface area contributed by atoms with Crippen molar-refractivity contribution < 1.29 is 35.9 Å². The van der Waals surface area contributed by atoms with E-state index in [4.69, 9.17) is 27.9 Å². The lowest BCUT2D eigenvalue weighted by atomic mass is 10.1. The number of alkyl halides is 3. The Bertz CT molecular complexity index is 1420. The van der Waals surface area contributed by atoms with Crippen molar-refractivity contribution in [3.05, 3.63) is 63.6 Å². The Morgan fingerprint density at radius 3 is 2.19 bits per heavy atom. The van der Waals surface area contributed by atoms with Crippen molar-refractivity contribution in [3.8, 4) is 0 Å². The van der Waals surface area contributed by atoms with Gasteiger partial charge in [-0.05, 0) is 38.5 Å². The number of nitrogens with zero attached hydrogens (tertiary/aromatic N) is 4. The van der Waals surface area contributed by atoms with Crippen molar-refractivity contribution in [1.29, 1.82) is 0 Å². The number of hydrogen-bond donors (Lipinski definition) is 0. The molecule has 0 saturated carbocycles. The normalized spacial score (nSPS) is 14.2. The first-order valence-electron chi connectivity index (χ1n) is 12.8. The lowest BCUT2D eigenvalue weighted by Gasteiger charge is -2.25. The first kappa shape index (κ1) is 33.6. The molecule has 3 rings (SSSR count). The number of benzene rings is 2. The van der Waals surface area contributed by atoms with Crippen molar-refractivity contribution in [1.82, 2.24) is 14.1 Å². The molecule has 1 aliphatic rings. The van der Waals surface area contributed by atoms with Crippen LogP contribution in [0.3, 0.4) is 0 Å². The van der Waals surface area contributed by atoms with Gasteiger partial charge in [-0.2, -0.15) is 17.5 Å². The van der Waals surface area contributed by atoms with Crippen molar-refractivity contribution in [2.75, 3.05) is 33.2 Å². The molecule has 0 atom stereocenters. The van der Waals surface area contributed by atoms with Crippen LogP contribution in [0, 0.1) is 0 Å². The molecule has 42 heavy (non-hydrogen) atoms. The van der Waals surface area contributed by atoms with Crippen LogP contribution in [0.1, 0.15) is 38.3 Å². The Morgan fingerprint density at radius 1 is 1.05 bits per heavy atom. The van der Waals surface area contributed by atoms with Gasteiger partial charge in [0.1, 0.15) is 22.9 Å². The molecule has 9 nitrogen and oxygen atoms in total. The summed E-state index contributed by atoms with van der Waals surface area (Å²) in [6.45, 7) is 3.66. The molecule has 2 amide bonds. The maximum atomic E-state index is 13.3. The number of ether oxygens (including phenoxy) is 1. The van der Waals surface area contributed by atoms with E-state index in [2.05, 4.69) is 4.99 Å². The molecule has 0 bridgehead atoms. The van der Waals surface area contributed by atoms with Gasteiger partial charge >= 0.3 is 12.3 Å².